The minimum absolute atomic E-state index is 0.157. The molecule has 1 fully saturated rings. The van der Waals surface area contributed by atoms with Gasteiger partial charge in [0.1, 0.15) is 0 Å². The number of benzene rings is 1. The van der Waals surface area contributed by atoms with Gasteiger partial charge in [-0.25, -0.2) is 0 Å². The maximum Gasteiger partial charge on any atom is 0.227 e. The van der Waals surface area contributed by atoms with Gasteiger partial charge in [0.25, 0.3) is 0 Å². The van der Waals surface area contributed by atoms with E-state index in [4.69, 9.17) is 0 Å². The molecule has 1 aliphatic rings. The predicted molar refractivity (Wildman–Crippen MR) is 90.5 cm³/mol. The van der Waals surface area contributed by atoms with Crippen molar-refractivity contribution >= 4 is 5.91 Å². The molecule has 122 valence electrons. The van der Waals surface area contributed by atoms with Crippen LogP contribution in [-0.4, -0.2) is 37.0 Å². The molecule has 0 aromatic heterocycles. The van der Waals surface area contributed by atoms with E-state index in [1.54, 1.807) is 0 Å². The molecule has 0 spiro atoms. The lowest BCUT2D eigenvalue weighted by atomic mass is 9.89. The number of carbonyl (C=O) groups is 1. The van der Waals surface area contributed by atoms with E-state index in [0.29, 0.717) is 6.54 Å². The number of rotatable bonds is 7. The lowest BCUT2D eigenvalue weighted by molar-refractivity contribution is -0.129. The van der Waals surface area contributed by atoms with Crippen LogP contribution in [0.1, 0.15) is 38.3 Å². The fourth-order valence-electron chi connectivity index (χ4n) is 2.87. The van der Waals surface area contributed by atoms with Crippen molar-refractivity contribution in [2.24, 2.45) is 5.41 Å². The average Bonchev–Trinajstić information content (AvgIpc) is 2.99. The van der Waals surface area contributed by atoms with E-state index in [2.05, 4.69) is 53.6 Å². The maximum atomic E-state index is 12.3. The van der Waals surface area contributed by atoms with Gasteiger partial charge < -0.3 is 10.6 Å². The first-order chi connectivity index (χ1) is 10.6. The molecular weight excluding hydrogens is 274 g/mol. The Morgan fingerprint density at radius 3 is 2.41 bits per heavy atom. The van der Waals surface area contributed by atoms with E-state index in [1.165, 1.54) is 5.56 Å². The van der Waals surface area contributed by atoms with Crippen LogP contribution >= 0.6 is 0 Å². The van der Waals surface area contributed by atoms with E-state index in [0.717, 1.165) is 44.7 Å². The number of hydrogen-bond donors (Lipinski definition) is 2. The van der Waals surface area contributed by atoms with Gasteiger partial charge >= 0.3 is 0 Å². The molecule has 1 aromatic carbocycles. The first kappa shape index (κ1) is 17.0. The highest BCUT2D eigenvalue weighted by atomic mass is 16.2. The number of hydrogen-bond acceptors (Lipinski definition) is 3. The number of carbonyl (C=O) groups excluding carboxylic acids is 1. The van der Waals surface area contributed by atoms with Crippen LogP contribution in [0.5, 0.6) is 0 Å². The predicted octanol–water partition coefficient (Wildman–Crippen LogP) is 2.14. The molecule has 0 saturated carbocycles. The Balaban J connectivity index is 1.85. The smallest absolute Gasteiger partial charge is 0.227 e. The monoisotopic (exact) mass is 303 g/mol. The summed E-state index contributed by atoms with van der Waals surface area (Å²) in [6, 6.07) is 8.57. The Hall–Kier alpha value is -1.39. The van der Waals surface area contributed by atoms with E-state index in [1.807, 2.05) is 6.92 Å². The quantitative estimate of drug-likeness (QED) is 0.811. The Morgan fingerprint density at radius 1 is 1.23 bits per heavy atom. The van der Waals surface area contributed by atoms with Crippen LogP contribution in [0.3, 0.4) is 0 Å². The van der Waals surface area contributed by atoms with Crippen molar-refractivity contribution in [3.8, 4) is 0 Å². The third-order valence-electron chi connectivity index (χ3n) is 4.69. The van der Waals surface area contributed by atoms with E-state index in [-0.39, 0.29) is 11.3 Å². The molecule has 1 amide bonds. The van der Waals surface area contributed by atoms with Crippen molar-refractivity contribution in [3.05, 3.63) is 35.4 Å². The van der Waals surface area contributed by atoms with Crippen LogP contribution in [-0.2, 0) is 17.9 Å². The van der Waals surface area contributed by atoms with Crippen LogP contribution in [0.25, 0.3) is 0 Å². The average molecular weight is 303 g/mol. The van der Waals surface area contributed by atoms with Gasteiger partial charge in [0.15, 0.2) is 0 Å². The van der Waals surface area contributed by atoms with Crippen LogP contribution in [0.4, 0.5) is 0 Å². The SMILES string of the molecule is CCN(CC)Cc1ccc(CNC(=O)C2(C)CCNC2)cc1. The molecule has 1 saturated heterocycles. The Labute approximate surface area is 134 Å². The highest BCUT2D eigenvalue weighted by molar-refractivity contribution is 5.82. The van der Waals surface area contributed by atoms with Crippen LogP contribution in [0.15, 0.2) is 24.3 Å². The fraction of sp³-hybridized carbons (Fsp3) is 0.611. The Bertz CT molecular complexity index is 474. The number of nitrogens with zero attached hydrogens (tertiary/aromatic N) is 1. The molecule has 4 heteroatoms. The van der Waals surface area contributed by atoms with Crippen molar-refractivity contribution in [1.29, 1.82) is 0 Å². The summed E-state index contributed by atoms with van der Waals surface area (Å²) in [5.74, 6) is 0.157. The summed E-state index contributed by atoms with van der Waals surface area (Å²) < 4.78 is 0. The number of amides is 1. The van der Waals surface area contributed by atoms with Gasteiger partial charge in [0.2, 0.25) is 5.91 Å². The zero-order valence-corrected chi connectivity index (χ0v) is 14.1. The maximum absolute atomic E-state index is 12.3. The molecule has 1 aliphatic heterocycles. The molecule has 22 heavy (non-hydrogen) atoms. The second kappa shape index (κ2) is 7.75. The van der Waals surface area contributed by atoms with E-state index in [9.17, 15) is 4.79 Å². The van der Waals surface area contributed by atoms with Gasteiger partial charge in [-0.2, -0.15) is 0 Å². The van der Waals surface area contributed by atoms with Gasteiger partial charge in [0, 0.05) is 19.6 Å². The molecular formula is C18H29N3O. The Kier molecular flexibility index (Phi) is 5.98. The summed E-state index contributed by atoms with van der Waals surface area (Å²) in [6.45, 7) is 11.9. The molecule has 0 aliphatic carbocycles. The summed E-state index contributed by atoms with van der Waals surface area (Å²) in [5, 5.41) is 6.34. The molecule has 1 atom stereocenters. The molecule has 1 unspecified atom stereocenters. The normalized spacial score (nSPS) is 21.3. The van der Waals surface area contributed by atoms with Crippen molar-refractivity contribution in [3.63, 3.8) is 0 Å². The van der Waals surface area contributed by atoms with Crippen LogP contribution in [0.2, 0.25) is 0 Å². The number of nitrogens with one attached hydrogen (secondary N) is 2. The summed E-state index contributed by atoms with van der Waals surface area (Å²) in [5.41, 5.74) is 2.24. The Morgan fingerprint density at radius 2 is 1.86 bits per heavy atom. The van der Waals surface area contributed by atoms with Crippen molar-refractivity contribution in [2.45, 2.75) is 40.3 Å². The third-order valence-corrected chi connectivity index (χ3v) is 4.69. The van der Waals surface area contributed by atoms with E-state index >= 15 is 0 Å². The zero-order valence-electron chi connectivity index (χ0n) is 14.1. The second-order valence-corrected chi connectivity index (χ2v) is 6.45. The van der Waals surface area contributed by atoms with Crippen LogP contribution in [0, 0.1) is 5.41 Å². The molecule has 4 nitrogen and oxygen atoms in total. The van der Waals surface area contributed by atoms with Gasteiger partial charge in [-0.15, -0.1) is 0 Å². The molecule has 0 bridgehead atoms. The van der Waals surface area contributed by atoms with Gasteiger partial charge in [-0.05, 0) is 44.1 Å². The van der Waals surface area contributed by atoms with Crippen molar-refractivity contribution in [1.82, 2.24) is 15.5 Å². The molecule has 2 rings (SSSR count). The van der Waals surface area contributed by atoms with Gasteiger partial charge in [-0.3, -0.25) is 9.69 Å². The summed E-state index contributed by atoms with van der Waals surface area (Å²) in [7, 11) is 0. The van der Waals surface area contributed by atoms with Gasteiger partial charge in [0.05, 0.1) is 5.41 Å². The topological polar surface area (TPSA) is 44.4 Å². The lowest BCUT2D eigenvalue weighted by Crippen LogP contribution is -2.40. The van der Waals surface area contributed by atoms with E-state index < -0.39 is 0 Å². The zero-order chi connectivity index (χ0) is 16.0. The first-order valence-electron chi connectivity index (χ1n) is 8.36. The van der Waals surface area contributed by atoms with Crippen LogP contribution < -0.4 is 10.6 Å². The lowest BCUT2D eigenvalue weighted by Gasteiger charge is -2.21. The molecule has 2 N–H and O–H groups in total. The summed E-state index contributed by atoms with van der Waals surface area (Å²) >= 11 is 0. The molecule has 0 radical (unpaired) electrons. The summed E-state index contributed by atoms with van der Waals surface area (Å²) in [6.07, 6.45) is 0.918. The minimum Gasteiger partial charge on any atom is -0.352 e. The van der Waals surface area contributed by atoms with Crippen molar-refractivity contribution in [2.75, 3.05) is 26.2 Å². The first-order valence-corrected chi connectivity index (χ1v) is 8.36. The minimum atomic E-state index is -0.247. The van der Waals surface area contributed by atoms with Crippen molar-refractivity contribution < 1.29 is 4.79 Å². The second-order valence-electron chi connectivity index (χ2n) is 6.45. The largest absolute Gasteiger partial charge is 0.352 e. The third kappa shape index (κ3) is 4.31. The highest BCUT2D eigenvalue weighted by Crippen LogP contribution is 2.24. The highest BCUT2D eigenvalue weighted by Gasteiger charge is 2.35. The summed E-state index contributed by atoms with van der Waals surface area (Å²) in [4.78, 5) is 14.7. The fourth-order valence-corrected chi connectivity index (χ4v) is 2.87. The van der Waals surface area contributed by atoms with Gasteiger partial charge in [-0.1, -0.05) is 38.1 Å². The molecule has 1 heterocycles. The molecule has 1 aromatic rings. The standard InChI is InChI=1S/C18H29N3O/c1-4-21(5-2)13-16-8-6-15(7-9-16)12-20-17(22)18(3)10-11-19-14-18/h6-9,19H,4-5,10-14H2,1-3H3,(H,20,22).